The average Bonchev–Trinajstić information content (AvgIpc) is 2.95. The third-order valence-corrected chi connectivity index (χ3v) is 9.62. The maximum Gasteiger partial charge on any atom is 0.264 e. The van der Waals surface area contributed by atoms with E-state index in [1.54, 1.807) is 37.3 Å². The lowest BCUT2D eigenvalue weighted by Crippen LogP contribution is -2.53. The number of anilines is 1. The molecule has 1 N–H and O–H groups in total. The van der Waals surface area contributed by atoms with Gasteiger partial charge in [0, 0.05) is 22.1 Å². The number of para-hydroxylation sites is 1. The fourth-order valence-electron chi connectivity index (χ4n) is 4.84. The van der Waals surface area contributed by atoms with Crippen LogP contribution in [0.3, 0.4) is 0 Å². The monoisotopic (exact) mass is 645 g/mol. The minimum atomic E-state index is -4.13. The van der Waals surface area contributed by atoms with E-state index in [-0.39, 0.29) is 23.4 Å². The van der Waals surface area contributed by atoms with E-state index in [1.165, 1.54) is 29.2 Å². The van der Waals surface area contributed by atoms with Gasteiger partial charge < -0.3 is 10.2 Å². The van der Waals surface area contributed by atoms with Crippen molar-refractivity contribution in [1.82, 2.24) is 10.2 Å². The van der Waals surface area contributed by atoms with E-state index in [0.717, 1.165) is 46.4 Å². The van der Waals surface area contributed by atoms with Gasteiger partial charge in [-0.3, -0.25) is 13.9 Å². The Balaban J connectivity index is 1.65. The number of benzene rings is 3. The molecule has 1 saturated carbocycles. The van der Waals surface area contributed by atoms with E-state index in [9.17, 15) is 18.0 Å². The maximum atomic E-state index is 14.0. The standard InChI is InChI=1S/C30H33BrClN3O4S/c1-22(30(37)33-26-11-4-2-5-12-26)34(20-23-9-8-10-24(31)19-23)29(36)21-35(27-13-6-3-7-14-27)40(38,39)28-17-15-25(32)16-18-28/h3,6-10,13-19,22,26H,2,4-5,11-12,20-21H2,1H3,(H,33,37)/t22-/m1/s1. The lowest BCUT2D eigenvalue weighted by Gasteiger charge is -2.33. The van der Waals surface area contributed by atoms with Gasteiger partial charge >= 0.3 is 0 Å². The smallest absolute Gasteiger partial charge is 0.264 e. The van der Waals surface area contributed by atoms with Crippen LogP contribution < -0.4 is 9.62 Å². The molecule has 0 radical (unpaired) electrons. The van der Waals surface area contributed by atoms with Crippen molar-refractivity contribution in [1.29, 1.82) is 0 Å². The third kappa shape index (κ3) is 7.65. The summed E-state index contributed by atoms with van der Waals surface area (Å²) in [6.45, 7) is 1.35. The number of carbonyl (C=O) groups excluding carboxylic acids is 2. The lowest BCUT2D eigenvalue weighted by atomic mass is 9.95. The van der Waals surface area contributed by atoms with Crippen LogP contribution in [-0.2, 0) is 26.2 Å². The summed E-state index contributed by atoms with van der Waals surface area (Å²) in [5.41, 5.74) is 1.15. The largest absolute Gasteiger partial charge is 0.352 e. The van der Waals surface area contributed by atoms with Crippen molar-refractivity contribution in [2.45, 2.75) is 62.6 Å². The van der Waals surface area contributed by atoms with Gasteiger partial charge in [0.15, 0.2) is 0 Å². The molecule has 1 aliphatic carbocycles. The minimum Gasteiger partial charge on any atom is -0.352 e. The van der Waals surface area contributed by atoms with E-state index < -0.39 is 28.5 Å². The quantitative estimate of drug-likeness (QED) is 0.286. The summed E-state index contributed by atoms with van der Waals surface area (Å²) in [6.07, 6.45) is 5.12. The van der Waals surface area contributed by atoms with Gasteiger partial charge in [0.05, 0.1) is 10.6 Å². The number of halogens is 2. The summed E-state index contributed by atoms with van der Waals surface area (Å²) < 4.78 is 29.5. The molecule has 3 aromatic carbocycles. The summed E-state index contributed by atoms with van der Waals surface area (Å²) in [5.74, 6) is -0.741. The normalized spacial score (nSPS) is 14.8. The van der Waals surface area contributed by atoms with Gasteiger partial charge in [0.1, 0.15) is 12.6 Å². The maximum absolute atomic E-state index is 14.0. The van der Waals surface area contributed by atoms with Crippen molar-refractivity contribution in [3.8, 4) is 0 Å². The van der Waals surface area contributed by atoms with Gasteiger partial charge in [-0.25, -0.2) is 8.42 Å². The average molecular weight is 647 g/mol. The molecule has 4 rings (SSSR count). The molecule has 0 spiro atoms. The van der Waals surface area contributed by atoms with Gasteiger partial charge in [0.2, 0.25) is 11.8 Å². The Morgan fingerprint density at radius 1 is 0.975 bits per heavy atom. The Labute approximate surface area is 249 Å². The number of sulfonamides is 1. The second-order valence-electron chi connectivity index (χ2n) is 9.97. The predicted molar refractivity (Wildman–Crippen MR) is 162 cm³/mol. The number of nitrogens with one attached hydrogen (secondary N) is 1. The SMILES string of the molecule is C[C@H](C(=O)NC1CCCCC1)N(Cc1cccc(Br)c1)C(=O)CN(c1ccccc1)S(=O)(=O)c1ccc(Cl)cc1. The van der Waals surface area contributed by atoms with Crippen molar-refractivity contribution >= 4 is 55.1 Å². The highest BCUT2D eigenvalue weighted by Gasteiger charge is 2.33. The van der Waals surface area contributed by atoms with Crippen LogP contribution in [0.4, 0.5) is 5.69 Å². The van der Waals surface area contributed by atoms with Gasteiger partial charge in [-0.15, -0.1) is 0 Å². The number of carbonyl (C=O) groups is 2. The molecule has 40 heavy (non-hydrogen) atoms. The van der Waals surface area contributed by atoms with Gasteiger partial charge in [-0.05, 0) is 73.9 Å². The number of rotatable bonds is 10. The van der Waals surface area contributed by atoms with Crippen LogP contribution in [0.2, 0.25) is 5.02 Å². The topological polar surface area (TPSA) is 86.8 Å². The number of amides is 2. The Morgan fingerprint density at radius 3 is 2.30 bits per heavy atom. The number of hydrogen-bond donors (Lipinski definition) is 1. The molecular formula is C30H33BrClN3O4S. The summed E-state index contributed by atoms with van der Waals surface area (Å²) >= 11 is 9.47. The van der Waals surface area contributed by atoms with Crippen LogP contribution in [0.1, 0.15) is 44.6 Å². The summed E-state index contributed by atoms with van der Waals surface area (Å²) in [5, 5.41) is 3.51. The van der Waals surface area contributed by atoms with Crippen molar-refractivity contribution < 1.29 is 18.0 Å². The lowest BCUT2D eigenvalue weighted by molar-refractivity contribution is -0.139. The first-order valence-corrected chi connectivity index (χ1v) is 15.9. The Bertz CT molecular complexity index is 1410. The highest BCUT2D eigenvalue weighted by Crippen LogP contribution is 2.26. The van der Waals surface area contributed by atoms with E-state index in [4.69, 9.17) is 11.6 Å². The molecular weight excluding hydrogens is 614 g/mol. The molecule has 3 aromatic rings. The van der Waals surface area contributed by atoms with Crippen LogP contribution in [0, 0.1) is 0 Å². The molecule has 0 bridgehead atoms. The molecule has 1 fully saturated rings. The van der Waals surface area contributed by atoms with Crippen LogP contribution >= 0.6 is 27.5 Å². The third-order valence-electron chi connectivity index (χ3n) is 7.09. The zero-order valence-electron chi connectivity index (χ0n) is 22.3. The Morgan fingerprint density at radius 2 is 1.65 bits per heavy atom. The molecule has 0 unspecified atom stereocenters. The van der Waals surface area contributed by atoms with Crippen molar-refractivity contribution in [2.24, 2.45) is 0 Å². The highest BCUT2D eigenvalue weighted by atomic mass is 79.9. The second-order valence-corrected chi connectivity index (χ2v) is 13.2. The first-order valence-electron chi connectivity index (χ1n) is 13.3. The van der Waals surface area contributed by atoms with Crippen molar-refractivity contribution in [2.75, 3.05) is 10.8 Å². The predicted octanol–water partition coefficient (Wildman–Crippen LogP) is 6.16. The van der Waals surface area contributed by atoms with E-state index >= 15 is 0 Å². The van der Waals surface area contributed by atoms with Crippen LogP contribution in [0.25, 0.3) is 0 Å². The molecule has 0 heterocycles. The summed E-state index contributed by atoms with van der Waals surface area (Å²) in [6, 6.07) is 21.0. The van der Waals surface area contributed by atoms with E-state index in [1.807, 2.05) is 24.3 Å². The molecule has 10 heteroatoms. The molecule has 7 nitrogen and oxygen atoms in total. The van der Waals surface area contributed by atoms with Crippen LogP contribution in [0.15, 0.2) is 88.2 Å². The molecule has 0 saturated heterocycles. The van der Waals surface area contributed by atoms with Crippen molar-refractivity contribution in [3.05, 3.63) is 93.9 Å². The zero-order valence-corrected chi connectivity index (χ0v) is 25.5. The van der Waals surface area contributed by atoms with Gasteiger partial charge in [-0.1, -0.05) is 77.1 Å². The van der Waals surface area contributed by atoms with Crippen LogP contribution in [0.5, 0.6) is 0 Å². The minimum absolute atomic E-state index is 0.00943. The van der Waals surface area contributed by atoms with Gasteiger partial charge in [-0.2, -0.15) is 0 Å². The summed E-state index contributed by atoms with van der Waals surface area (Å²) in [4.78, 5) is 28.8. The Hall–Kier alpha value is -2.88. The van der Waals surface area contributed by atoms with Crippen LogP contribution in [-0.4, -0.2) is 43.8 Å². The first kappa shape index (κ1) is 30.1. The van der Waals surface area contributed by atoms with Gasteiger partial charge in [0.25, 0.3) is 10.0 Å². The van der Waals surface area contributed by atoms with E-state index in [0.29, 0.717) is 10.7 Å². The zero-order chi connectivity index (χ0) is 28.7. The molecule has 212 valence electrons. The molecule has 2 amide bonds. The fraction of sp³-hybridized carbons (Fsp3) is 0.333. The second kappa shape index (κ2) is 13.7. The van der Waals surface area contributed by atoms with Crippen molar-refractivity contribution in [3.63, 3.8) is 0 Å². The molecule has 0 aromatic heterocycles. The molecule has 1 aliphatic rings. The fourth-order valence-corrected chi connectivity index (χ4v) is 6.83. The number of hydrogen-bond acceptors (Lipinski definition) is 4. The highest BCUT2D eigenvalue weighted by molar-refractivity contribution is 9.10. The van der Waals surface area contributed by atoms with E-state index in [2.05, 4.69) is 21.2 Å². The molecule has 0 aliphatic heterocycles. The Kier molecular flexibility index (Phi) is 10.3. The molecule has 1 atom stereocenters. The first-order chi connectivity index (χ1) is 19.1. The summed E-state index contributed by atoms with van der Waals surface area (Å²) in [7, 11) is -4.13. The number of nitrogens with zero attached hydrogens (tertiary/aromatic N) is 2.